The molecule has 1 aromatic rings. The van der Waals surface area contributed by atoms with Gasteiger partial charge in [0.05, 0.1) is 6.61 Å². The number of ether oxygens (including phenoxy) is 1. The van der Waals surface area contributed by atoms with Crippen LogP contribution in [-0.4, -0.2) is 13.2 Å². The van der Waals surface area contributed by atoms with Crippen molar-refractivity contribution in [2.75, 3.05) is 13.2 Å². The van der Waals surface area contributed by atoms with Gasteiger partial charge in [0.1, 0.15) is 5.75 Å². The van der Waals surface area contributed by atoms with Gasteiger partial charge < -0.3 is 10.1 Å². The van der Waals surface area contributed by atoms with Gasteiger partial charge in [-0.1, -0.05) is 25.5 Å². The normalized spacial score (nSPS) is 19.2. The highest BCUT2D eigenvalue weighted by atomic mass is 16.5. The zero-order chi connectivity index (χ0) is 11.4. The Morgan fingerprint density at radius 1 is 1.38 bits per heavy atom. The number of rotatable bonds is 4. The topological polar surface area (TPSA) is 21.3 Å². The van der Waals surface area contributed by atoms with Gasteiger partial charge in [-0.3, -0.25) is 0 Å². The molecule has 2 rings (SSSR count). The maximum atomic E-state index is 5.70. The third kappa shape index (κ3) is 2.22. The maximum absolute atomic E-state index is 5.70. The Labute approximate surface area is 98.0 Å². The van der Waals surface area contributed by atoms with E-state index in [2.05, 4.69) is 30.4 Å². The fraction of sp³-hybridized carbons (Fsp3) is 0.571. The minimum Gasteiger partial charge on any atom is -0.494 e. The molecule has 1 aliphatic heterocycles. The van der Waals surface area contributed by atoms with Gasteiger partial charge in [0.15, 0.2) is 0 Å². The standard InChI is InChI=1S/C14H21NO/c1-3-6-13-11-7-5-8-14(16-4-2)12(11)9-10-15-13/h5,7-8,13,15H,3-4,6,9-10H2,1-2H3. The quantitative estimate of drug-likeness (QED) is 0.840. The Morgan fingerprint density at radius 3 is 3.00 bits per heavy atom. The number of fused-ring (bicyclic) bond motifs is 1. The second-order valence-corrected chi connectivity index (χ2v) is 4.30. The van der Waals surface area contributed by atoms with Gasteiger partial charge in [0.25, 0.3) is 0 Å². The Morgan fingerprint density at radius 2 is 2.25 bits per heavy atom. The van der Waals surface area contributed by atoms with E-state index in [1.54, 1.807) is 0 Å². The summed E-state index contributed by atoms with van der Waals surface area (Å²) in [4.78, 5) is 0. The van der Waals surface area contributed by atoms with Crippen molar-refractivity contribution in [3.8, 4) is 5.75 Å². The molecule has 1 aliphatic rings. The highest BCUT2D eigenvalue weighted by Crippen LogP contribution is 2.32. The molecule has 0 aliphatic carbocycles. The molecule has 0 aromatic heterocycles. The molecule has 0 saturated carbocycles. The molecule has 0 fully saturated rings. The average molecular weight is 219 g/mol. The second kappa shape index (κ2) is 5.35. The van der Waals surface area contributed by atoms with Gasteiger partial charge in [-0.15, -0.1) is 0 Å². The van der Waals surface area contributed by atoms with Crippen molar-refractivity contribution in [3.63, 3.8) is 0 Å². The molecular weight excluding hydrogens is 198 g/mol. The van der Waals surface area contributed by atoms with Crippen LogP contribution in [0.25, 0.3) is 0 Å². The molecule has 88 valence electrons. The number of nitrogens with one attached hydrogen (secondary N) is 1. The van der Waals surface area contributed by atoms with E-state index >= 15 is 0 Å². The molecule has 2 heteroatoms. The minimum atomic E-state index is 0.522. The molecule has 1 heterocycles. The molecule has 0 saturated heterocycles. The molecule has 16 heavy (non-hydrogen) atoms. The Kier molecular flexibility index (Phi) is 3.83. The van der Waals surface area contributed by atoms with Crippen LogP contribution in [0.2, 0.25) is 0 Å². The molecular formula is C14H21NO. The van der Waals surface area contributed by atoms with Crippen LogP contribution in [0.5, 0.6) is 5.75 Å². The van der Waals surface area contributed by atoms with Gasteiger partial charge in [0.2, 0.25) is 0 Å². The first-order valence-corrected chi connectivity index (χ1v) is 6.34. The Hall–Kier alpha value is -1.02. The zero-order valence-electron chi connectivity index (χ0n) is 10.3. The van der Waals surface area contributed by atoms with Crippen LogP contribution >= 0.6 is 0 Å². The summed E-state index contributed by atoms with van der Waals surface area (Å²) in [5.74, 6) is 1.09. The number of benzene rings is 1. The predicted molar refractivity (Wildman–Crippen MR) is 67.0 cm³/mol. The van der Waals surface area contributed by atoms with Crippen LogP contribution in [0.3, 0.4) is 0 Å². The molecule has 1 aromatic carbocycles. The van der Waals surface area contributed by atoms with Crippen molar-refractivity contribution in [1.82, 2.24) is 5.32 Å². The smallest absolute Gasteiger partial charge is 0.122 e. The number of hydrogen-bond donors (Lipinski definition) is 1. The average Bonchev–Trinajstić information content (AvgIpc) is 2.31. The molecule has 0 radical (unpaired) electrons. The third-order valence-corrected chi connectivity index (χ3v) is 3.19. The Bertz CT molecular complexity index is 349. The summed E-state index contributed by atoms with van der Waals surface area (Å²) in [6.07, 6.45) is 3.52. The van der Waals surface area contributed by atoms with E-state index in [1.165, 1.54) is 24.0 Å². The molecule has 2 nitrogen and oxygen atoms in total. The fourth-order valence-corrected chi connectivity index (χ4v) is 2.49. The van der Waals surface area contributed by atoms with Crippen LogP contribution in [-0.2, 0) is 6.42 Å². The van der Waals surface area contributed by atoms with E-state index in [4.69, 9.17) is 4.74 Å². The molecule has 0 amide bonds. The van der Waals surface area contributed by atoms with Crippen molar-refractivity contribution in [2.45, 2.75) is 39.2 Å². The third-order valence-electron chi connectivity index (χ3n) is 3.19. The lowest BCUT2D eigenvalue weighted by Crippen LogP contribution is -2.30. The van der Waals surface area contributed by atoms with E-state index in [-0.39, 0.29) is 0 Å². The minimum absolute atomic E-state index is 0.522. The fourth-order valence-electron chi connectivity index (χ4n) is 2.49. The molecule has 1 atom stereocenters. The first-order chi connectivity index (χ1) is 7.86. The van der Waals surface area contributed by atoms with Crippen LogP contribution in [0.15, 0.2) is 18.2 Å². The van der Waals surface area contributed by atoms with Crippen molar-refractivity contribution in [1.29, 1.82) is 0 Å². The predicted octanol–water partition coefficient (Wildman–Crippen LogP) is 3.07. The summed E-state index contributed by atoms with van der Waals surface area (Å²) < 4.78 is 5.70. The summed E-state index contributed by atoms with van der Waals surface area (Å²) in [5.41, 5.74) is 2.86. The first kappa shape index (κ1) is 11.5. The van der Waals surface area contributed by atoms with Crippen molar-refractivity contribution >= 4 is 0 Å². The lowest BCUT2D eigenvalue weighted by atomic mass is 9.91. The SMILES string of the molecule is CCCC1NCCc2c(OCC)cccc21. The first-order valence-electron chi connectivity index (χ1n) is 6.34. The van der Waals surface area contributed by atoms with Gasteiger partial charge in [0, 0.05) is 11.6 Å². The second-order valence-electron chi connectivity index (χ2n) is 4.30. The highest BCUT2D eigenvalue weighted by molar-refractivity contribution is 5.43. The summed E-state index contributed by atoms with van der Waals surface area (Å²) in [5, 5.41) is 3.59. The summed E-state index contributed by atoms with van der Waals surface area (Å²) >= 11 is 0. The van der Waals surface area contributed by atoms with Crippen molar-refractivity contribution in [3.05, 3.63) is 29.3 Å². The Balaban J connectivity index is 2.30. The van der Waals surface area contributed by atoms with Gasteiger partial charge >= 0.3 is 0 Å². The van der Waals surface area contributed by atoms with E-state index in [9.17, 15) is 0 Å². The highest BCUT2D eigenvalue weighted by Gasteiger charge is 2.21. The van der Waals surface area contributed by atoms with Crippen molar-refractivity contribution < 1.29 is 4.74 Å². The number of hydrogen-bond acceptors (Lipinski definition) is 2. The van der Waals surface area contributed by atoms with E-state index in [0.29, 0.717) is 6.04 Å². The van der Waals surface area contributed by atoms with E-state index in [1.807, 2.05) is 6.92 Å². The van der Waals surface area contributed by atoms with Gasteiger partial charge in [-0.25, -0.2) is 0 Å². The largest absolute Gasteiger partial charge is 0.494 e. The zero-order valence-corrected chi connectivity index (χ0v) is 10.3. The molecule has 0 spiro atoms. The lowest BCUT2D eigenvalue weighted by Gasteiger charge is -2.28. The van der Waals surface area contributed by atoms with Gasteiger partial charge in [-0.2, -0.15) is 0 Å². The lowest BCUT2D eigenvalue weighted by molar-refractivity contribution is 0.332. The molecule has 0 bridgehead atoms. The molecule has 1 unspecified atom stereocenters. The van der Waals surface area contributed by atoms with Crippen molar-refractivity contribution in [2.24, 2.45) is 0 Å². The summed E-state index contributed by atoms with van der Waals surface area (Å²) in [6.45, 7) is 6.11. The van der Waals surface area contributed by atoms with E-state index < -0.39 is 0 Å². The molecule has 1 N–H and O–H groups in total. The van der Waals surface area contributed by atoms with Crippen LogP contribution in [0.1, 0.15) is 43.9 Å². The van der Waals surface area contributed by atoms with Crippen LogP contribution in [0, 0.1) is 0 Å². The summed E-state index contributed by atoms with van der Waals surface area (Å²) in [6, 6.07) is 6.97. The van der Waals surface area contributed by atoms with Gasteiger partial charge in [-0.05, 0) is 37.9 Å². The van der Waals surface area contributed by atoms with Crippen LogP contribution < -0.4 is 10.1 Å². The van der Waals surface area contributed by atoms with E-state index in [0.717, 1.165) is 25.3 Å². The van der Waals surface area contributed by atoms with Crippen LogP contribution in [0.4, 0.5) is 0 Å². The summed E-state index contributed by atoms with van der Waals surface area (Å²) in [7, 11) is 0. The maximum Gasteiger partial charge on any atom is 0.122 e. The monoisotopic (exact) mass is 219 g/mol.